The number of carbonyl (C=O) groups excluding carboxylic acids is 2. The number of alkyl halides is 3. The maximum Gasteiger partial charge on any atom is 0.573 e. The summed E-state index contributed by atoms with van der Waals surface area (Å²) in [6.45, 7) is 0.401. The molecule has 11 heteroatoms. The van der Waals surface area contributed by atoms with Gasteiger partial charge in [0.15, 0.2) is 0 Å². The van der Waals surface area contributed by atoms with E-state index in [1.807, 2.05) is 0 Å². The first kappa shape index (κ1) is 27.7. The van der Waals surface area contributed by atoms with Crippen LogP contribution in [0.5, 0.6) is 5.75 Å². The number of likely N-dealkylation sites (tertiary alicyclic amines) is 1. The SMILES string of the molecule is COC(=O)C1(Cc2ccccc2OC(F)(F)F)CCN(C(=O)Cc2cnc[nH]2)CC1Cc1ccc(C#N)cc1. The lowest BCUT2D eigenvalue weighted by atomic mass is 9.64. The van der Waals surface area contributed by atoms with Gasteiger partial charge in [-0.05, 0) is 54.5 Å². The lowest BCUT2D eigenvalue weighted by molar-refractivity contribution is -0.275. The quantitative estimate of drug-likeness (QED) is 0.429. The van der Waals surface area contributed by atoms with E-state index in [-0.39, 0.29) is 49.6 Å². The Bertz CT molecular complexity index is 1340. The first-order chi connectivity index (χ1) is 18.6. The molecule has 1 amide bonds. The molecule has 2 unspecified atom stereocenters. The Kier molecular flexibility index (Phi) is 8.24. The van der Waals surface area contributed by atoms with E-state index in [4.69, 9.17) is 10.00 Å². The summed E-state index contributed by atoms with van der Waals surface area (Å²) in [4.78, 5) is 35.1. The van der Waals surface area contributed by atoms with Crippen molar-refractivity contribution in [2.24, 2.45) is 11.3 Å². The fourth-order valence-electron chi connectivity index (χ4n) is 5.20. The van der Waals surface area contributed by atoms with Crippen LogP contribution in [0.4, 0.5) is 13.2 Å². The monoisotopic (exact) mass is 540 g/mol. The molecule has 2 atom stereocenters. The Labute approximate surface area is 223 Å². The van der Waals surface area contributed by atoms with Gasteiger partial charge in [0.1, 0.15) is 5.75 Å². The second-order valence-electron chi connectivity index (χ2n) is 9.53. The minimum absolute atomic E-state index is 0.0740. The Morgan fingerprint density at radius 1 is 1.21 bits per heavy atom. The van der Waals surface area contributed by atoms with Crippen LogP contribution in [0, 0.1) is 22.7 Å². The highest BCUT2D eigenvalue weighted by Crippen LogP contribution is 2.44. The number of ether oxygens (including phenoxy) is 2. The van der Waals surface area contributed by atoms with E-state index in [1.165, 1.54) is 31.6 Å². The van der Waals surface area contributed by atoms with Crippen molar-refractivity contribution in [3.8, 4) is 11.8 Å². The number of imidazole rings is 1. The van der Waals surface area contributed by atoms with E-state index >= 15 is 0 Å². The van der Waals surface area contributed by atoms with Gasteiger partial charge in [-0.1, -0.05) is 30.3 Å². The number of halogens is 3. The number of H-pyrrole nitrogens is 1. The van der Waals surface area contributed by atoms with Gasteiger partial charge in [-0.15, -0.1) is 13.2 Å². The molecule has 0 radical (unpaired) electrons. The zero-order chi connectivity index (χ0) is 28.0. The maximum absolute atomic E-state index is 13.5. The normalized spacial score (nSPS) is 19.3. The number of hydrogen-bond donors (Lipinski definition) is 1. The van der Waals surface area contributed by atoms with Gasteiger partial charge >= 0.3 is 12.3 Å². The molecular weight excluding hydrogens is 513 g/mol. The summed E-state index contributed by atoms with van der Waals surface area (Å²) < 4.78 is 49.0. The lowest BCUT2D eigenvalue weighted by Gasteiger charge is -2.46. The average molecular weight is 541 g/mol. The fraction of sp³-hybridized carbons (Fsp3) is 0.357. The van der Waals surface area contributed by atoms with Gasteiger partial charge in [0, 0.05) is 25.0 Å². The molecule has 0 bridgehead atoms. The summed E-state index contributed by atoms with van der Waals surface area (Å²) >= 11 is 0. The molecule has 2 heterocycles. The standard InChI is InChI=1S/C28H27F3N4O4/c1-38-26(37)27(14-21-4-2-3-5-24(21)39-28(29,30)31)10-11-35(25(36)13-23-16-33-18-34-23)17-22(27)12-19-6-8-20(15-32)9-7-19/h2-9,16,18,22H,10-14,17H2,1H3,(H,33,34). The van der Waals surface area contributed by atoms with Crippen LogP contribution in [0.15, 0.2) is 61.1 Å². The first-order valence-corrected chi connectivity index (χ1v) is 12.3. The molecule has 1 N–H and O–H groups in total. The summed E-state index contributed by atoms with van der Waals surface area (Å²) in [6.07, 6.45) is -1.33. The van der Waals surface area contributed by atoms with Gasteiger partial charge in [0.05, 0.1) is 36.9 Å². The number of rotatable bonds is 8. The van der Waals surface area contributed by atoms with Crippen LogP contribution in [0.25, 0.3) is 0 Å². The van der Waals surface area contributed by atoms with Crippen molar-refractivity contribution in [2.45, 2.75) is 32.0 Å². The molecule has 0 saturated carbocycles. The molecule has 204 valence electrons. The van der Waals surface area contributed by atoms with Crippen molar-refractivity contribution >= 4 is 11.9 Å². The second-order valence-corrected chi connectivity index (χ2v) is 9.53. The fourth-order valence-corrected chi connectivity index (χ4v) is 5.20. The van der Waals surface area contributed by atoms with Gasteiger partial charge in [-0.2, -0.15) is 5.26 Å². The number of aromatic nitrogens is 2. The molecule has 3 aromatic rings. The lowest BCUT2D eigenvalue weighted by Crippen LogP contribution is -2.55. The Morgan fingerprint density at radius 2 is 1.95 bits per heavy atom. The summed E-state index contributed by atoms with van der Waals surface area (Å²) in [7, 11) is 1.25. The molecule has 1 aliphatic heterocycles. The topological polar surface area (TPSA) is 108 Å². The van der Waals surface area contributed by atoms with Crippen molar-refractivity contribution < 1.29 is 32.2 Å². The van der Waals surface area contributed by atoms with Crippen LogP contribution in [0.1, 0.15) is 28.8 Å². The number of benzene rings is 2. The summed E-state index contributed by atoms with van der Waals surface area (Å²) in [5.74, 6) is -1.62. The molecule has 1 aliphatic rings. The van der Waals surface area contributed by atoms with Crippen LogP contribution in [-0.2, 0) is 33.6 Å². The van der Waals surface area contributed by atoms with Crippen LogP contribution in [-0.4, -0.2) is 53.3 Å². The summed E-state index contributed by atoms with van der Waals surface area (Å²) in [5, 5.41) is 9.16. The third-order valence-corrected chi connectivity index (χ3v) is 7.16. The number of nitrogens with one attached hydrogen (secondary N) is 1. The van der Waals surface area contributed by atoms with E-state index in [1.54, 1.807) is 41.4 Å². The number of esters is 1. The highest BCUT2D eigenvalue weighted by Gasteiger charge is 2.51. The predicted octanol–water partition coefficient (Wildman–Crippen LogP) is 4.22. The number of nitriles is 1. The van der Waals surface area contributed by atoms with Crippen molar-refractivity contribution in [2.75, 3.05) is 20.2 Å². The number of piperidine rings is 1. The predicted molar refractivity (Wildman–Crippen MR) is 133 cm³/mol. The van der Waals surface area contributed by atoms with Gasteiger partial charge < -0.3 is 19.4 Å². The van der Waals surface area contributed by atoms with Crippen molar-refractivity contribution in [3.63, 3.8) is 0 Å². The Balaban J connectivity index is 1.70. The van der Waals surface area contributed by atoms with Gasteiger partial charge in [0.2, 0.25) is 5.91 Å². The number of methoxy groups -OCH3 is 1. The summed E-state index contributed by atoms with van der Waals surface area (Å²) in [6, 6.07) is 14.7. The molecule has 1 saturated heterocycles. The minimum Gasteiger partial charge on any atom is -0.469 e. The number of carbonyl (C=O) groups is 2. The smallest absolute Gasteiger partial charge is 0.469 e. The number of amides is 1. The van der Waals surface area contributed by atoms with E-state index in [0.29, 0.717) is 17.7 Å². The highest BCUT2D eigenvalue weighted by molar-refractivity contribution is 5.81. The molecule has 1 aromatic heterocycles. The van der Waals surface area contributed by atoms with Crippen LogP contribution in [0.2, 0.25) is 0 Å². The minimum atomic E-state index is -4.90. The molecule has 4 rings (SSSR count). The number of aromatic amines is 1. The number of para-hydroxylation sites is 1. The zero-order valence-corrected chi connectivity index (χ0v) is 21.2. The molecular formula is C28H27F3N4O4. The Hall–Kier alpha value is -4.33. The van der Waals surface area contributed by atoms with Crippen molar-refractivity contribution in [1.29, 1.82) is 5.26 Å². The van der Waals surface area contributed by atoms with Crippen LogP contribution in [0.3, 0.4) is 0 Å². The second kappa shape index (κ2) is 11.6. The molecule has 39 heavy (non-hydrogen) atoms. The van der Waals surface area contributed by atoms with Gasteiger partial charge in [-0.3, -0.25) is 9.59 Å². The number of nitrogens with zero attached hydrogens (tertiary/aromatic N) is 3. The van der Waals surface area contributed by atoms with Gasteiger partial charge in [0.25, 0.3) is 0 Å². The molecule has 1 fully saturated rings. The maximum atomic E-state index is 13.5. The first-order valence-electron chi connectivity index (χ1n) is 12.3. The third-order valence-electron chi connectivity index (χ3n) is 7.16. The van der Waals surface area contributed by atoms with E-state index < -0.39 is 23.7 Å². The third kappa shape index (κ3) is 6.57. The summed E-state index contributed by atoms with van der Waals surface area (Å²) in [5.41, 5.74) is 0.901. The Morgan fingerprint density at radius 3 is 2.59 bits per heavy atom. The number of hydrogen-bond acceptors (Lipinski definition) is 6. The highest BCUT2D eigenvalue weighted by atomic mass is 19.4. The van der Waals surface area contributed by atoms with E-state index in [9.17, 15) is 22.8 Å². The molecule has 2 aromatic carbocycles. The average Bonchev–Trinajstić information content (AvgIpc) is 3.43. The van der Waals surface area contributed by atoms with Gasteiger partial charge in [-0.25, -0.2) is 4.98 Å². The van der Waals surface area contributed by atoms with Crippen molar-refractivity contribution in [3.05, 3.63) is 83.4 Å². The molecule has 0 aliphatic carbocycles. The largest absolute Gasteiger partial charge is 0.573 e. The van der Waals surface area contributed by atoms with E-state index in [2.05, 4.69) is 20.8 Å². The molecule has 0 spiro atoms. The molecule has 8 nitrogen and oxygen atoms in total. The van der Waals surface area contributed by atoms with Crippen molar-refractivity contribution in [1.82, 2.24) is 14.9 Å². The van der Waals surface area contributed by atoms with E-state index in [0.717, 1.165) is 5.56 Å². The van der Waals surface area contributed by atoms with Crippen LogP contribution >= 0.6 is 0 Å². The zero-order valence-electron chi connectivity index (χ0n) is 21.2. The van der Waals surface area contributed by atoms with Crippen LogP contribution < -0.4 is 4.74 Å².